The highest BCUT2D eigenvalue weighted by atomic mass is 35.5. The average Bonchev–Trinajstić information content (AvgIpc) is 2.61. The van der Waals surface area contributed by atoms with Crippen molar-refractivity contribution in [2.75, 3.05) is 6.61 Å². The van der Waals surface area contributed by atoms with Crippen LogP contribution in [-0.2, 0) is 16.0 Å². The van der Waals surface area contributed by atoms with Gasteiger partial charge in [0.25, 0.3) is 0 Å². The first-order valence-corrected chi connectivity index (χ1v) is 8.23. The predicted molar refractivity (Wildman–Crippen MR) is 90.4 cm³/mol. The van der Waals surface area contributed by atoms with Crippen LogP contribution >= 0.6 is 11.6 Å². The standard InChI is InChI=1S/C19H16ClFO4/c1-11(18(22)12-2-5-16(21)6-3-12)25-19(23)14-8-13-9-15(20)4-7-17(13)24-10-14/h2-7,9,11,14H,8,10H2,1H3/t11-,14-/m1/s1. The Balaban J connectivity index is 1.64. The molecule has 1 aliphatic heterocycles. The van der Waals surface area contributed by atoms with Gasteiger partial charge < -0.3 is 9.47 Å². The molecule has 0 aromatic heterocycles. The van der Waals surface area contributed by atoms with Gasteiger partial charge in [0, 0.05) is 10.6 Å². The quantitative estimate of drug-likeness (QED) is 0.612. The summed E-state index contributed by atoms with van der Waals surface area (Å²) in [5.74, 6) is -1.13. The van der Waals surface area contributed by atoms with Crippen LogP contribution in [0.25, 0.3) is 0 Å². The molecule has 0 radical (unpaired) electrons. The van der Waals surface area contributed by atoms with Gasteiger partial charge in [0.2, 0.25) is 5.78 Å². The molecule has 0 unspecified atom stereocenters. The molecule has 0 bridgehead atoms. The summed E-state index contributed by atoms with van der Waals surface area (Å²) in [6.45, 7) is 1.68. The Morgan fingerprint density at radius 1 is 1.24 bits per heavy atom. The monoisotopic (exact) mass is 362 g/mol. The van der Waals surface area contributed by atoms with E-state index in [4.69, 9.17) is 21.1 Å². The molecule has 0 fully saturated rings. The maximum atomic E-state index is 12.9. The number of ketones is 1. The first kappa shape index (κ1) is 17.4. The number of carbonyl (C=O) groups is 2. The molecule has 1 aliphatic rings. The first-order valence-electron chi connectivity index (χ1n) is 7.85. The van der Waals surface area contributed by atoms with E-state index in [2.05, 4.69) is 0 Å². The van der Waals surface area contributed by atoms with Crippen LogP contribution in [0, 0.1) is 11.7 Å². The molecule has 0 saturated heterocycles. The number of hydrogen-bond donors (Lipinski definition) is 0. The number of Topliss-reactive ketones (excluding diaryl/α,β-unsaturated/α-hetero) is 1. The van der Waals surface area contributed by atoms with Crippen LogP contribution in [0.3, 0.4) is 0 Å². The Hall–Kier alpha value is -2.40. The number of esters is 1. The van der Waals surface area contributed by atoms with E-state index in [1.807, 2.05) is 0 Å². The lowest BCUT2D eigenvalue weighted by atomic mass is 9.97. The molecule has 2 aromatic carbocycles. The summed E-state index contributed by atoms with van der Waals surface area (Å²) >= 11 is 5.97. The van der Waals surface area contributed by atoms with Gasteiger partial charge in [-0.25, -0.2) is 4.39 Å². The van der Waals surface area contributed by atoms with Crippen molar-refractivity contribution in [3.8, 4) is 5.75 Å². The van der Waals surface area contributed by atoms with Gasteiger partial charge in [-0.15, -0.1) is 0 Å². The van der Waals surface area contributed by atoms with Crippen molar-refractivity contribution in [1.82, 2.24) is 0 Å². The van der Waals surface area contributed by atoms with E-state index in [1.54, 1.807) is 18.2 Å². The largest absolute Gasteiger partial charge is 0.492 e. The van der Waals surface area contributed by atoms with Gasteiger partial charge in [-0.1, -0.05) is 11.6 Å². The van der Waals surface area contributed by atoms with Crippen molar-refractivity contribution in [3.63, 3.8) is 0 Å². The molecule has 25 heavy (non-hydrogen) atoms. The number of carbonyl (C=O) groups excluding carboxylic acids is 2. The Morgan fingerprint density at radius 3 is 2.68 bits per heavy atom. The number of fused-ring (bicyclic) bond motifs is 1. The fraction of sp³-hybridized carbons (Fsp3) is 0.263. The molecular formula is C19H16ClFO4. The summed E-state index contributed by atoms with van der Waals surface area (Å²) in [6, 6.07) is 10.4. The second-order valence-electron chi connectivity index (χ2n) is 5.91. The van der Waals surface area contributed by atoms with Gasteiger partial charge in [-0.3, -0.25) is 9.59 Å². The zero-order valence-electron chi connectivity index (χ0n) is 13.5. The highest BCUT2D eigenvalue weighted by molar-refractivity contribution is 6.30. The highest BCUT2D eigenvalue weighted by Gasteiger charge is 2.30. The average molecular weight is 363 g/mol. The summed E-state index contributed by atoms with van der Waals surface area (Å²) in [5, 5.41) is 0.566. The molecule has 3 rings (SSSR count). The predicted octanol–water partition coefficient (Wildman–Crippen LogP) is 3.84. The Labute approximate surface area is 149 Å². The number of rotatable bonds is 4. The topological polar surface area (TPSA) is 52.6 Å². The molecule has 0 aliphatic carbocycles. The fourth-order valence-corrected chi connectivity index (χ4v) is 2.88. The third kappa shape index (κ3) is 3.99. The highest BCUT2D eigenvalue weighted by Crippen LogP contribution is 2.30. The minimum atomic E-state index is -0.960. The second-order valence-corrected chi connectivity index (χ2v) is 6.35. The van der Waals surface area contributed by atoms with Crippen LogP contribution in [0.2, 0.25) is 5.02 Å². The van der Waals surface area contributed by atoms with Crippen molar-refractivity contribution < 1.29 is 23.5 Å². The van der Waals surface area contributed by atoms with E-state index in [-0.39, 0.29) is 12.4 Å². The number of halogens is 2. The zero-order chi connectivity index (χ0) is 18.0. The lowest BCUT2D eigenvalue weighted by molar-refractivity contribution is -0.152. The van der Waals surface area contributed by atoms with Crippen LogP contribution < -0.4 is 4.74 Å². The van der Waals surface area contributed by atoms with E-state index in [0.717, 1.165) is 5.56 Å². The summed E-state index contributed by atoms with van der Waals surface area (Å²) in [6.07, 6.45) is -0.523. The zero-order valence-corrected chi connectivity index (χ0v) is 14.3. The molecule has 6 heteroatoms. The SMILES string of the molecule is C[C@@H](OC(=O)[C@H]1COc2ccc(Cl)cc2C1)C(=O)c1ccc(F)cc1. The van der Waals surface area contributed by atoms with Crippen molar-refractivity contribution in [1.29, 1.82) is 0 Å². The van der Waals surface area contributed by atoms with Gasteiger partial charge in [0.15, 0.2) is 6.10 Å². The van der Waals surface area contributed by atoms with Gasteiger partial charge in [0.05, 0.1) is 5.92 Å². The van der Waals surface area contributed by atoms with Gasteiger partial charge in [-0.05, 0) is 61.4 Å². The molecule has 2 aromatic rings. The molecule has 0 amide bonds. The number of ether oxygens (including phenoxy) is 2. The Kier molecular flexibility index (Phi) is 5.04. The lowest BCUT2D eigenvalue weighted by Gasteiger charge is -2.25. The molecule has 4 nitrogen and oxygen atoms in total. The lowest BCUT2D eigenvalue weighted by Crippen LogP contribution is -2.34. The minimum Gasteiger partial charge on any atom is -0.492 e. The summed E-state index contributed by atoms with van der Waals surface area (Å²) in [7, 11) is 0. The molecule has 130 valence electrons. The smallest absolute Gasteiger partial charge is 0.313 e. The van der Waals surface area contributed by atoms with Crippen molar-refractivity contribution in [2.45, 2.75) is 19.4 Å². The maximum Gasteiger partial charge on any atom is 0.313 e. The normalized spacial score (nSPS) is 17.2. The van der Waals surface area contributed by atoms with Crippen molar-refractivity contribution in [3.05, 3.63) is 64.4 Å². The van der Waals surface area contributed by atoms with Crippen LogP contribution in [0.1, 0.15) is 22.8 Å². The van der Waals surface area contributed by atoms with Crippen LogP contribution in [0.15, 0.2) is 42.5 Å². The molecule has 0 spiro atoms. The molecular weight excluding hydrogens is 347 g/mol. The van der Waals surface area contributed by atoms with Gasteiger partial charge >= 0.3 is 5.97 Å². The van der Waals surface area contributed by atoms with E-state index >= 15 is 0 Å². The molecule has 2 atom stereocenters. The minimum absolute atomic E-state index is 0.185. The van der Waals surface area contributed by atoms with E-state index in [1.165, 1.54) is 31.2 Å². The third-order valence-corrected chi connectivity index (χ3v) is 4.29. The summed E-state index contributed by atoms with van der Waals surface area (Å²) in [5.41, 5.74) is 1.12. The van der Waals surface area contributed by atoms with Crippen LogP contribution in [0.5, 0.6) is 5.75 Å². The third-order valence-electron chi connectivity index (χ3n) is 4.05. The molecule has 0 N–H and O–H groups in total. The summed E-state index contributed by atoms with van der Waals surface area (Å²) in [4.78, 5) is 24.6. The van der Waals surface area contributed by atoms with Gasteiger partial charge in [0.1, 0.15) is 18.2 Å². The van der Waals surface area contributed by atoms with E-state index in [9.17, 15) is 14.0 Å². The second kappa shape index (κ2) is 7.23. The fourth-order valence-electron chi connectivity index (χ4n) is 2.69. The van der Waals surface area contributed by atoms with Crippen LogP contribution in [-0.4, -0.2) is 24.5 Å². The Bertz CT molecular complexity index is 804. The summed E-state index contributed by atoms with van der Waals surface area (Å²) < 4.78 is 23.8. The number of hydrogen-bond acceptors (Lipinski definition) is 4. The van der Waals surface area contributed by atoms with E-state index in [0.29, 0.717) is 22.8 Å². The van der Waals surface area contributed by atoms with Crippen molar-refractivity contribution >= 4 is 23.4 Å². The molecule has 1 heterocycles. The van der Waals surface area contributed by atoms with Crippen LogP contribution in [0.4, 0.5) is 4.39 Å². The van der Waals surface area contributed by atoms with Gasteiger partial charge in [-0.2, -0.15) is 0 Å². The first-order chi connectivity index (χ1) is 11.9. The number of benzene rings is 2. The maximum absolute atomic E-state index is 12.9. The van der Waals surface area contributed by atoms with E-state index < -0.39 is 23.8 Å². The Morgan fingerprint density at radius 2 is 1.96 bits per heavy atom. The molecule has 0 saturated carbocycles. The van der Waals surface area contributed by atoms with Crippen molar-refractivity contribution in [2.24, 2.45) is 5.92 Å².